The Bertz CT molecular complexity index is 494. The van der Waals surface area contributed by atoms with E-state index in [1.54, 1.807) is 4.90 Å². The molecule has 0 aliphatic carbocycles. The predicted molar refractivity (Wildman–Crippen MR) is 76.2 cm³/mol. The highest BCUT2D eigenvalue weighted by molar-refractivity contribution is 6.00. The Balaban J connectivity index is 1.89. The predicted octanol–water partition coefficient (Wildman–Crippen LogP) is 1.30. The van der Waals surface area contributed by atoms with Crippen LogP contribution in [0.2, 0.25) is 0 Å². The van der Waals surface area contributed by atoms with Crippen LogP contribution in [-0.4, -0.2) is 37.5 Å². The van der Waals surface area contributed by atoms with Gasteiger partial charge in [-0.05, 0) is 43.1 Å². The topological polar surface area (TPSA) is 49.6 Å². The fourth-order valence-corrected chi connectivity index (χ4v) is 3.25. The number of carbonyl (C=O) groups excluding carboxylic acids is 1. The van der Waals surface area contributed by atoms with Gasteiger partial charge in [-0.25, -0.2) is 0 Å². The first-order chi connectivity index (χ1) is 9.20. The Morgan fingerprint density at radius 1 is 1.32 bits per heavy atom. The van der Waals surface area contributed by atoms with Gasteiger partial charge in [0.1, 0.15) is 0 Å². The molecule has 2 aliphatic rings. The number of anilines is 1. The molecule has 1 fully saturated rings. The third-order valence-corrected chi connectivity index (χ3v) is 4.37. The number of carbonyl (C=O) groups is 1. The van der Waals surface area contributed by atoms with Crippen molar-refractivity contribution in [2.75, 3.05) is 31.6 Å². The van der Waals surface area contributed by atoms with Crippen LogP contribution in [0, 0.1) is 0 Å². The molecule has 2 N–H and O–H groups in total. The van der Waals surface area contributed by atoms with E-state index in [0.717, 1.165) is 24.3 Å². The van der Waals surface area contributed by atoms with Crippen molar-refractivity contribution in [1.29, 1.82) is 0 Å². The summed E-state index contributed by atoms with van der Waals surface area (Å²) in [6, 6.07) is 6.67. The average Bonchev–Trinajstić information content (AvgIpc) is 3.01. The molecule has 1 atom stereocenters. The molecule has 1 unspecified atom stereocenters. The number of benzene rings is 1. The third kappa shape index (κ3) is 2.15. The maximum atomic E-state index is 11.7. The van der Waals surface area contributed by atoms with Gasteiger partial charge in [-0.1, -0.05) is 12.1 Å². The minimum atomic E-state index is 0.178. The maximum Gasteiger partial charge on any atom is 0.231 e. The minimum Gasteiger partial charge on any atom is -0.329 e. The smallest absolute Gasteiger partial charge is 0.231 e. The van der Waals surface area contributed by atoms with Crippen molar-refractivity contribution >= 4 is 11.6 Å². The van der Waals surface area contributed by atoms with Gasteiger partial charge in [0, 0.05) is 25.3 Å². The number of likely N-dealkylation sites (tertiary alicyclic amines) is 1. The first-order valence-electron chi connectivity index (χ1n) is 7.04. The Hall–Kier alpha value is -1.39. The fraction of sp³-hybridized carbons (Fsp3) is 0.533. The van der Waals surface area contributed by atoms with Crippen molar-refractivity contribution in [3.63, 3.8) is 0 Å². The summed E-state index contributed by atoms with van der Waals surface area (Å²) in [5, 5.41) is 0. The van der Waals surface area contributed by atoms with Crippen LogP contribution in [0.1, 0.15) is 30.0 Å². The molecule has 2 aliphatic heterocycles. The van der Waals surface area contributed by atoms with Crippen LogP contribution < -0.4 is 10.6 Å². The van der Waals surface area contributed by atoms with E-state index in [4.69, 9.17) is 5.73 Å². The lowest BCUT2D eigenvalue weighted by atomic mass is 10.0. The summed E-state index contributed by atoms with van der Waals surface area (Å²) in [6.07, 6.45) is 3.06. The Labute approximate surface area is 114 Å². The van der Waals surface area contributed by atoms with Gasteiger partial charge in [0.05, 0.1) is 6.42 Å². The molecule has 102 valence electrons. The molecular formula is C15H21N3O. The van der Waals surface area contributed by atoms with E-state index in [0.29, 0.717) is 19.0 Å². The molecule has 19 heavy (non-hydrogen) atoms. The monoisotopic (exact) mass is 259 g/mol. The first-order valence-corrected chi connectivity index (χ1v) is 7.04. The van der Waals surface area contributed by atoms with E-state index < -0.39 is 0 Å². The molecule has 1 saturated heterocycles. The number of hydrogen-bond acceptors (Lipinski definition) is 3. The highest BCUT2D eigenvalue weighted by Crippen LogP contribution is 2.32. The number of fused-ring (bicyclic) bond motifs is 1. The minimum absolute atomic E-state index is 0.178. The summed E-state index contributed by atoms with van der Waals surface area (Å²) in [4.78, 5) is 15.9. The van der Waals surface area contributed by atoms with Crippen LogP contribution >= 0.6 is 0 Å². The lowest BCUT2D eigenvalue weighted by Crippen LogP contribution is -2.31. The standard InChI is InChI=1S/C15H21N3O/c1-17-13-5-4-11(8-12(13)9-15(17)19)14(10-16)18-6-2-3-7-18/h4-5,8,14H,2-3,6-7,9-10,16H2,1H3. The molecule has 1 aromatic rings. The molecule has 4 heteroatoms. The second-order valence-electron chi connectivity index (χ2n) is 5.51. The van der Waals surface area contributed by atoms with Gasteiger partial charge in [0.25, 0.3) is 0 Å². The second-order valence-corrected chi connectivity index (χ2v) is 5.51. The van der Waals surface area contributed by atoms with E-state index in [1.165, 1.54) is 18.4 Å². The Morgan fingerprint density at radius 3 is 2.74 bits per heavy atom. The van der Waals surface area contributed by atoms with E-state index in [2.05, 4.69) is 23.1 Å². The number of rotatable bonds is 3. The largest absolute Gasteiger partial charge is 0.329 e. The van der Waals surface area contributed by atoms with Gasteiger partial charge in [-0.15, -0.1) is 0 Å². The SMILES string of the molecule is CN1C(=O)Cc2cc(C(CN)N3CCCC3)ccc21. The van der Waals surface area contributed by atoms with Crippen LogP contribution in [0.5, 0.6) is 0 Å². The molecule has 0 radical (unpaired) electrons. The van der Waals surface area contributed by atoms with Crippen LogP contribution in [0.4, 0.5) is 5.69 Å². The van der Waals surface area contributed by atoms with E-state index in [9.17, 15) is 4.79 Å². The Kier molecular flexibility index (Phi) is 3.29. The summed E-state index contributed by atoms with van der Waals surface area (Å²) in [6.45, 7) is 2.91. The molecule has 0 saturated carbocycles. The van der Waals surface area contributed by atoms with Gasteiger partial charge in [-0.2, -0.15) is 0 Å². The number of nitrogens with zero attached hydrogens (tertiary/aromatic N) is 2. The van der Waals surface area contributed by atoms with Crippen molar-refractivity contribution in [3.8, 4) is 0 Å². The summed E-state index contributed by atoms with van der Waals surface area (Å²) >= 11 is 0. The van der Waals surface area contributed by atoms with Crippen LogP contribution in [0.25, 0.3) is 0 Å². The number of nitrogens with two attached hydrogens (primary N) is 1. The van der Waals surface area contributed by atoms with Crippen molar-refractivity contribution in [2.24, 2.45) is 5.73 Å². The molecular weight excluding hydrogens is 238 g/mol. The highest BCUT2D eigenvalue weighted by atomic mass is 16.2. The molecule has 4 nitrogen and oxygen atoms in total. The molecule has 0 bridgehead atoms. The van der Waals surface area contributed by atoms with Gasteiger partial charge in [0.15, 0.2) is 0 Å². The average molecular weight is 259 g/mol. The van der Waals surface area contributed by atoms with Gasteiger partial charge in [0.2, 0.25) is 5.91 Å². The zero-order valence-electron chi connectivity index (χ0n) is 11.4. The lowest BCUT2D eigenvalue weighted by Gasteiger charge is -2.27. The van der Waals surface area contributed by atoms with Crippen molar-refractivity contribution < 1.29 is 4.79 Å². The lowest BCUT2D eigenvalue weighted by molar-refractivity contribution is -0.117. The van der Waals surface area contributed by atoms with Crippen molar-refractivity contribution in [1.82, 2.24) is 4.90 Å². The third-order valence-electron chi connectivity index (χ3n) is 4.37. The van der Waals surface area contributed by atoms with E-state index >= 15 is 0 Å². The summed E-state index contributed by atoms with van der Waals surface area (Å²) < 4.78 is 0. The number of likely N-dealkylation sites (N-methyl/N-ethyl adjacent to an activating group) is 1. The van der Waals surface area contributed by atoms with Crippen molar-refractivity contribution in [3.05, 3.63) is 29.3 Å². The number of hydrogen-bond donors (Lipinski definition) is 1. The number of amides is 1. The molecule has 1 aromatic carbocycles. The van der Waals surface area contributed by atoms with Crippen LogP contribution in [0.15, 0.2) is 18.2 Å². The molecule has 1 amide bonds. The summed E-state index contributed by atoms with van der Waals surface area (Å²) in [7, 11) is 1.84. The summed E-state index contributed by atoms with van der Waals surface area (Å²) in [5.41, 5.74) is 9.41. The van der Waals surface area contributed by atoms with E-state index in [-0.39, 0.29) is 5.91 Å². The van der Waals surface area contributed by atoms with Crippen LogP contribution in [0.3, 0.4) is 0 Å². The first kappa shape index (κ1) is 12.6. The fourth-order valence-electron chi connectivity index (χ4n) is 3.25. The van der Waals surface area contributed by atoms with Gasteiger partial charge < -0.3 is 10.6 Å². The summed E-state index contributed by atoms with van der Waals surface area (Å²) in [5.74, 6) is 0.178. The van der Waals surface area contributed by atoms with E-state index in [1.807, 2.05) is 7.05 Å². The van der Waals surface area contributed by atoms with Crippen molar-refractivity contribution in [2.45, 2.75) is 25.3 Å². The molecule has 3 rings (SSSR count). The zero-order valence-corrected chi connectivity index (χ0v) is 11.4. The second kappa shape index (κ2) is 4.94. The molecule has 0 aromatic heterocycles. The van der Waals surface area contributed by atoms with Gasteiger partial charge in [-0.3, -0.25) is 9.69 Å². The quantitative estimate of drug-likeness (QED) is 0.890. The maximum absolute atomic E-state index is 11.7. The highest BCUT2D eigenvalue weighted by Gasteiger charge is 2.27. The Morgan fingerprint density at radius 2 is 2.05 bits per heavy atom. The van der Waals surface area contributed by atoms with Gasteiger partial charge >= 0.3 is 0 Å². The normalized spacial score (nSPS) is 20.9. The molecule has 0 spiro atoms. The van der Waals surface area contributed by atoms with Crippen LogP contribution in [-0.2, 0) is 11.2 Å². The zero-order chi connectivity index (χ0) is 13.4. The molecule has 2 heterocycles.